The van der Waals surface area contributed by atoms with E-state index in [0.29, 0.717) is 31.3 Å². The first-order chi connectivity index (χ1) is 12.4. The van der Waals surface area contributed by atoms with E-state index in [1.165, 1.54) is 6.21 Å². The van der Waals surface area contributed by atoms with Crippen molar-refractivity contribution in [2.75, 3.05) is 0 Å². The molecule has 0 atom stereocenters. The lowest BCUT2D eigenvalue weighted by Crippen LogP contribution is -2.18. The number of nitrogens with zero attached hydrogens (tertiary/aromatic N) is 2. The number of aromatic nitrogens is 2. The third-order valence-electron chi connectivity index (χ3n) is 3.37. The van der Waals surface area contributed by atoms with Crippen LogP contribution in [-0.4, -0.2) is 22.3 Å². The summed E-state index contributed by atoms with van der Waals surface area (Å²) in [5.41, 5.74) is 4.54. The van der Waals surface area contributed by atoms with E-state index in [4.69, 9.17) is 46.4 Å². The first kappa shape index (κ1) is 18.7. The van der Waals surface area contributed by atoms with Gasteiger partial charge < -0.3 is 0 Å². The number of halogens is 4. The predicted octanol–water partition coefficient (Wildman–Crippen LogP) is 5.45. The average molecular weight is 428 g/mol. The molecule has 0 bridgehead atoms. The molecule has 0 aliphatic rings. The fourth-order valence-corrected chi connectivity index (χ4v) is 2.82. The second-order valence-electron chi connectivity index (χ2n) is 5.16. The van der Waals surface area contributed by atoms with E-state index in [2.05, 4.69) is 20.7 Å². The van der Waals surface area contributed by atoms with E-state index in [9.17, 15) is 4.79 Å². The van der Waals surface area contributed by atoms with E-state index in [1.807, 2.05) is 0 Å². The molecule has 1 amide bonds. The Morgan fingerprint density at radius 2 is 1.81 bits per heavy atom. The minimum Gasteiger partial charge on any atom is -0.272 e. The van der Waals surface area contributed by atoms with Crippen LogP contribution in [0.1, 0.15) is 16.1 Å². The third-order valence-corrected chi connectivity index (χ3v) is 4.67. The van der Waals surface area contributed by atoms with Gasteiger partial charge in [0.1, 0.15) is 5.69 Å². The smallest absolute Gasteiger partial charge is 0.272 e. The van der Waals surface area contributed by atoms with E-state index in [1.54, 1.807) is 42.5 Å². The van der Waals surface area contributed by atoms with E-state index in [-0.39, 0.29) is 5.69 Å². The molecular weight excluding hydrogens is 418 g/mol. The fourth-order valence-electron chi connectivity index (χ4n) is 2.07. The lowest BCUT2D eigenvalue weighted by molar-refractivity contribution is 0.0950. The zero-order valence-corrected chi connectivity index (χ0v) is 16.0. The van der Waals surface area contributed by atoms with Crippen molar-refractivity contribution in [3.05, 3.63) is 73.8 Å². The third kappa shape index (κ3) is 4.37. The van der Waals surface area contributed by atoms with Crippen LogP contribution in [0.5, 0.6) is 0 Å². The number of amides is 1. The first-order valence-corrected chi connectivity index (χ1v) is 8.74. The quantitative estimate of drug-likeness (QED) is 0.429. The molecule has 1 aromatic heterocycles. The lowest BCUT2D eigenvalue weighted by atomic mass is 10.1. The van der Waals surface area contributed by atoms with E-state index in [0.717, 1.165) is 5.56 Å². The van der Waals surface area contributed by atoms with Crippen LogP contribution in [0.3, 0.4) is 0 Å². The number of hydrogen-bond donors (Lipinski definition) is 2. The van der Waals surface area contributed by atoms with Gasteiger partial charge in [0.05, 0.1) is 27.0 Å². The van der Waals surface area contributed by atoms with Gasteiger partial charge >= 0.3 is 0 Å². The molecule has 0 saturated heterocycles. The molecule has 3 aromatic rings. The Balaban J connectivity index is 1.70. The molecule has 0 aliphatic heterocycles. The van der Waals surface area contributed by atoms with Crippen molar-refractivity contribution >= 4 is 58.5 Å². The molecule has 9 heteroatoms. The Hall–Kier alpha value is -2.05. The second-order valence-corrected chi connectivity index (χ2v) is 6.82. The van der Waals surface area contributed by atoms with Gasteiger partial charge in [-0.2, -0.15) is 10.2 Å². The highest BCUT2D eigenvalue weighted by molar-refractivity contribution is 6.42. The zero-order chi connectivity index (χ0) is 18.7. The molecule has 132 valence electrons. The number of benzene rings is 2. The Kier molecular flexibility index (Phi) is 5.84. The molecule has 0 saturated carbocycles. The highest BCUT2D eigenvalue weighted by Crippen LogP contribution is 2.27. The van der Waals surface area contributed by atoms with Crippen molar-refractivity contribution in [2.45, 2.75) is 0 Å². The largest absolute Gasteiger partial charge is 0.289 e. The molecule has 0 aliphatic carbocycles. The molecule has 2 N–H and O–H groups in total. The van der Waals surface area contributed by atoms with Crippen molar-refractivity contribution in [1.29, 1.82) is 0 Å². The molecule has 1 heterocycles. The number of hydrazone groups is 1. The van der Waals surface area contributed by atoms with Crippen LogP contribution in [-0.2, 0) is 0 Å². The summed E-state index contributed by atoms with van der Waals surface area (Å²) in [5.74, 6) is -0.454. The fraction of sp³-hybridized carbons (Fsp3) is 0. The van der Waals surface area contributed by atoms with Crippen LogP contribution in [0, 0.1) is 0 Å². The normalized spacial score (nSPS) is 11.1. The summed E-state index contributed by atoms with van der Waals surface area (Å²) in [4.78, 5) is 12.1. The number of aromatic amines is 1. The maximum Gasteiger partial charge on any atom is 0.289 e. The lowest BCUT2D eigenvalue weighted by Gasteiger charge is -1.99. The number of carbonyl (C=O) groups is 1. The summed E-state index contributed by atoms with van der Waals surface area (Å²) in [6.07, 6.45) is 1.42. The topological polar surface area (TPSA) is 70.1 Å². The van der Waals surface area contributed by atoms with Crippen LogP contribution in [0.25, 0.3) is 11.3 Å². The molecule has 0 fully saturated rings. The number of carbonyl (C=O) groups excluding carboxylic acids is 1. The zero-order valence-electron chi connectivity index (χ0n) is 12.9. The molecule has 0 spiro atoms. The Labute approximate surface area is 168 Å². The Bertz CT molecular complexity index is 1000. The maximum atomic E-state index is 12.1. The molecule has 3 rings (SSSR count). The molecule has 26 heavy (non-hydrogen) atoms. The molecular formula is C17H10Cl4N4O. The van der Waals surface area contributed by atoms with E-state index < -0.39 is 5.91 Å². The predicted molar refractivity (Wildman–Crippen MR) is 106 cm³/mol. The van der Waals surface area contributed by atoms with Crippen LogP contribution < -0.4 is 5.43 Å². The molecule has 0 radical (unpaired) electrons. The van der Waals surface area contributed by atoms with Crippen molar-refractivity contribution in [3.63, 3.8) is 0 Å². The van der Waals surface area contributed by atoms with Crippen LogP contribution >= 0.6 is 46.4 Å². The second kappa shape index (κ2) is 8.10. The van der Waals surface area contributed by atoms with Gasteiger partial charge in [0.2, 0.25) is 0 Å². The highest BCUT2D eigenvalue weighted by atomic mass is 35.5. The van der Waals surface area contributed by atoms with Crippen molar-refractivity contribution in [1.82, 2.24) is 15.6 Å². The summed E-state index contributed by atoms with van der Waals surface area (Å²) >= 11 is 23.7. The minimum absolute atomic E-state index is 0.241. The van der Waals surface area contributed by atoms with Gasteiger partial charge in [0, 0.05) is 16.1 Å². The summed E-state index contributed by atoms with van der Waals surface area (Å²) in [7, 11) is 0. The molecule has 2 aromatic carbocycles. The van der Waals surface area contributed by atoms with Crippen molar-refractivity contribution in [3.8, 4) is 11.3 Å². The summed E-state index contributed by atoms with van der Waals surface area (Å²) in [6.45, 7) is 0. The summed E-state index contributed by atoms with van der Waals surface area (Å²) in [6, 6.07) is 11.6. The van der Waals surface area contributed by atoms with Crippen LogP contribution in [0.2, 0.25) is 20.1 Å². The van der Waals surface area contributed by atoms with Crippen LogP contribution in [0.4, 0.5) is 0 Å². The minimum atomic E-state index is -0.454. The number of nitrogens with one attached hydrogen (secondary N) is 2. The molecule has 5 nitrogen and oxygen atoms in total. The standard InChI is InChI=1S/C17H10Cl4N4O/c18-11-3-1-10(13(20)6-11)8-22-25-17(26)16-7-15(23-24-16)9-2-4-12(19)14(21)5-9/h1-8H,(H,23,24)(H,25,26). The number of H-pyrrole nitrogens is 1. The summed E-state index contributed by atoms with van der Waals surface area (Å²) in [5, 5.41) is 12.4. The van der Waals surface area contributed by atoms with Crippen LogP contribution in [0.15, 0.2) is 47.6 Å². The van der Waals surface area contributed by atoms with Gasteiger partial charge in [0.15, 0.2) is 0 Å². The maximum absolute atomic E-state index is 12.1. The summed E-state index contributed by atoms with van der Waals surface area (Å²) < 4.78 is 0. The van der Waals surface area contributed by atoms with Gasteiger partial charge in [0.25, 0.3) is 5.91 Å². The molecule has 0 unspecified atom stereocenters. The number of hydrogen-bond acceptors (Lipinski definition) is 3. The van der Waals surface area contributed by atoms with Crippen molar-refractivity contribution in [2.24, 2.45) is 5.10 Å². The monoisotopic (exact) mass is 426 g/mol. The highest BCUT2D eigenvalue weighted by Gasteiger charge is 2.11. The van der Waals surface area contributed by atoms with Crippen molar-refractivity contribution < 1.29 is 4.79 Å². The van der Waals surface area contributed by atoms with Gasteiger partial charge in [-0.3, -0.25) is 9.89 Å². The first-order valence-electron chi connectivity index (χ1n) is 7.23. The van der Waals surface area contributed by atoms with Gasteiger partial charge in [-0.25, -0.2) is 5.43 Å². The Morgan fingerprint density at radius 1 is 1.00 bits per heavy atom. The average Bonchev–Trinajstić information content (AvgIpc) is 3.09. The van der Waals surface area contributed by atoms with Gasteiger partial charge in [-0.05, 0) is 30.3 Å². The number of rotatable bonds is 4. The SMILES string of the molecule is O=C(NN=Cc1ccc(Cl)cc1Cl)c1cc(-c2ccc(Cl)c(Cl)c2)n[nH]1. The Morgan fingerprint density at radius 3 is 2.54 bits per heavy atom. The van der Waals surface area contributed by atoms with Gasteiger partial charge in [-0.15, -0.1) is 0 Å². The van der Waals surface area contributed by atoms with Gasteiger partial charge in [-0.1, -0.05) is 58.5 Å². The van der Waals surface area contributed by atoms with E-state index >= 15 is 0 Å².